The highest BCUT2D eigenvalue weighted by Crippen LogP contribution is 2.13. The number of hydrogen-bond donors (Lipinski definition) is 2. The zero-order valence-corrected chi connectivity index (χ0v) is 16.9. The van der Waals surface area contributed by atoms with Crippen LogP contribution in [0.1, 0.15) is 36.5 Å². The van der Waals surface area contributed by atoms with E-state index in [2.05, 4.69) is 23.8 Å². The molecule has 0 aliphatic carbocycles. The van der Waals surface area contributed by atoms with Crippen molar-refractivity contribution in [2.75, 3.05) is 12.4 Å². The monoisotopic (exact) mass is 405 g/mol. The van der Waals surface area contributed by atoms with Crippen LogP contribution in [0.4, 0.5) is 0 Å². The Morgan fingerprint density at radius 1 is 0.964 bits per heavy atom. The zero-order chi connectivity index (χ0) is 20.4. The molecule has 2 N–H and O–H groups in total. The van der Waals surface area contributed by atoms with E-state index < -0.39 is 22.6 Å². The summed E-state index contributed by atoms with van der Waals surface area (Å²) in [4.78, 5) is 10.5. The fourth-order valence-corrected chi connectivity index (χ4v) is 3.66. The van der Waals surface area contributed by atoms with E-state index in [1.165, 1.54) is 5.56 Å². The number of carboxylic acids is 1. The van der Waals surface area contributed by atoms with Gasteiger partial charge in [0.25, 0.3) is 0 Å². The van der Waals surface area contributed by atoms with Crippen molar-refractivity contribution in [3.05, 3.63) is 65.2 Å². The lowest BCUT2D eigenvalue weighted by atomic mass is 10.1. The molecule has 0 bridgehead atoms. The van der Waals surface area contributed by atoms with Crippen LogP contribution in [0.25, 0.3) is 0 Å². The Balaban J connectivity index is 1.79. The van der Waals surface area contributed by atoms with Crippen LogP contribution < -0.4 is 9.46 Å². The number of sulfonamides is 1. The summed E-state index contributed by atoms with van der Waals surface area (Å²) >= 11 is 0. The smallest absolute Gasteiger partial charge is 0.341 e. The molecule has 28 heavy (non-hydrogen) atoms. The summed E-state index contributed by atoms with van der Waals surface area (Å²) in [6, 6.07) is 14.8. The number of ether oxygens (including phenoxy) is 1. The van der Waals surface area contributed by atoms with Gasteiger partial charge in [-0.15, -0.1) is 0 Å². The molecule has 2 aromatic carbocycles. The van der Waals surface area contributed by atoms with Crippen LogP contribution in [0.15, 0.2) is 48.5 Å². The molecule has 0 aromatic heterocycles. The number of benzene rings is 2. The predicted molar refractivity (Wildman–Crippen MR) is 109 cm³/mol. The number of aliphatic carboxylic acids is 1. The maximum absolute atomic E-state index is 12.2. The first-order valence-electron chi connectivity index (χ1n) is 9.36. The van der Waals surface area contributed by atoms with Crippen LogP contribution >= 0.6 is 0 Å². The molecule has 0 atom stereocenters. The molecule has 0 amide bonds. The first-order valence-corrected chi connectivity index (χ1v) is 11.0. The Hall–Kier alpha value is -2.38. The molecule has 2 aromatic rings. The standard InChI is InChI=1S/C21H27NO5S/c1-2-3-4-17-5-7-18(8-6-17)13-14-28(25,26)22-15-19-9-11-20(12-10-19)27-16-21(23)24/h5-12,22H,2-4,13-16H2,1H3,(H,23,24). The van der Waals surface area contributed by atoms with Gasteiger partial charge in [0.15, 0.2) is 6.61 Å². The fraction of sp³-hybridized carbons (Fsp3) is 0.381. The van der Waals surface area contributed by atoms with Gasteiger partial charge in [-0.2, -0.15) is 0 Å². The number of nitrogens with one attached hydrogen (secondary N) is 1. The van der Waals surface area contributed by atoms with Gasteiger partial charge in [0.1, 0.15) is 5.75 Å². The molecule has 0 fully saturated rings. The van der Waals surface area contributed by atoms with E-state index in [0.29, 0.717) is 12.2 Å². The minimum Gasteiger partial charge on any atom is -0.482 e. The minimum absolute atomic E-state index is 0.0289. The Labute approximate surface area is 166 Å². The molecule has 0 radical (unpaired) electrons. The molecule has 0 spiro atoms. The lowest BCUT2D eigenvalue weighted by Gasteiger charge is -2.09. The summed E-state index contributed by atoms with van der Waals surface area (Å²) in [5.74, 6) is -0.593. The van der Waals surface area contributed by atoms with E-state index in [0.717, 1.165) is 30.4 Å². The predicted octanol–water partition coefficient (Wildman–Crippen LogP) is 3.15. The Kier molecular flexibility index (Phi) is 8.47. The van der Waals surface area contributed by atoms with E-state index in [4.69, 9.17) is 9.84 Å². The van der Waals surface area contributed by atoms with Crippen LogP contribution in [0, 0.1) is 0 Å². The van der Waals surface area contributed by atoms with Gasteiger partial charge in [-0.3, -0.25) is 0 Å². The normalized spacial score (nSPS) is 11.3. The van der Waals surface area contributed by atoms with Crippen LogP contribution in [0.2, 0.25) is 0 Å². The van der Waals surface area contributed by atoms with Gasteiger partial charge in [0.2, 0.25) is 10.0 Å². The molecule has 152 valence electrons. The van der Waals surface area contributed by atoms with E-state index in [9.17, 15) is 13.2 Å². The molecule has 7 heteroatoms. The number of hydrogen-bond acceptors (Lipinski definition) is 4. The quantitative estimate of drug-likeness (QED) is 0.566. The molecular weight excluding hydrogens is 378 g/mol. The lowest BCUT2D eigenvalue weighted by molar-refractivity contribution is -0.139. The van der Waals surface area contributed by atoms with E-state index in [1.807, 2.05) is 12.1 Å². The Morgan fingerprint density at radius 3 is 2.11 bits per heavy atom. The van der Waals surface area contributed by atoms with Gasteiger partial charge in [-0.1, -0.05) is 49.7 Å². The number of rotatable bonds is 12. The van der Waals surface area contributed by atoms with Crippen molar-refractivity contribution in [1.29, 1.82) is 0 Å². The first-order chi connectivity index (χ1) is 13.4. The summed E-state index contributed by atoms with van der Waals surface area (Å²) in [6.45, 7) is 1.93. The van der Waals surface area contributed by atoms with Gasteiger partial charge >= 0.3 is 5.97 Å². The SMILES string of the molecule is CCCCc1ccc(CCS(=O)(=O)NCc2ccc(OCC(=O)O)cc2)cc1. The van der Waals surface area contributed by atoms with E-state index in [1.54, 1.807) is 24.3 Å². The Bertz CT molecular complexity index is 845. The van der Waals surface area contributed by atoms with Crippen molar-refractivity contribution < 1.29 is 23.1 Å². The van der Waals surface area contributed by atoms with Gasteiger partial charge in [-0.05, 0) is 48.1 Å². The zero-order valence-electron chi connectivity index (χ0n) is 16.1. The number of aryl methyl sites for hydroxylation is 2. The fourth-order valence-electron chi connectivity index (χ4n) is 2.62. The maximum atomic E-state index is 12.2. The first kappa shape index (κ1) is 21.9. The third-order valence-electron chi connectivity index (χ3n) is 4.28. The minimum atomic E-state index is -3.39. The van der Waals surface area contributed by atoms with Crippen LogP contribution in [-0.4, -0.2) is 31.9 Å². The summed E-state index contributed by atoms with van der Waals surface area (Å²) < 4.78 is 32.1. The third kappa shape index (κ3) is 8.10. The van der Waals surface area contributed by atoms with Gasteiger partial charge in [0.05, 0.1) is 5.75 Å². The van der Waals surface area contributed by atoms with Crippen molar-refractivity contribution >= 4 is 16.0 Å². The lowest BCUT2D eigenvalue weighted by Crippen LogP contribution is -2.26. The van der Waals surface area contributed by atoms with Crippen molar-refractivity contribution in [2.24, 2.45) is 0 Å². The molecule has 0 aliphatic rings. The maximum Gasteiger partial charge on any atom is 0.341 e. The summed E-state index contributed by atoms with van der Waals surface area (Å²) in [7, 11) is -3.39. The molecule has 2 rings (SSSR count). The third-order valence-corrected chi connectivity index (χ3v) is 5.61. The molecule has 0 saturated carbocycles. The van der Waals surface area contributed by atoms with Gasteiger partial charge in [0, 0.05) is 6.54 Å². The molecule has 0 saturated heterocycles. The van der Waals surface area contributed by atoms with E-state index in [-0.39, 0.29) is 12.3 Å². The number of unbranched alkanes of at least 4 members (excludes halogenated alkanes) is 1. The molecular formula is C21H27NO5S. The largest absolute Gasteiger partial charge is 0.482 e. The van der Waals surface area contributed by atoms with Crippen molar-refractivity contribution in [3.63, 3.8) is 0 Å². The topological polar surface area (TPSA) is 92.7 Å². The highest BCUT2D eigenvalue weighted by atomic mass is 32.2. The van der Waals surface area contributed by atoms with Crippen molar-refractivity contribution in [2.45, 2.75) is 39.2 Å². The Morgan fingerprint density at radius 2 is 1.54 bits per heavy atom. The second-order valence-electron chi connectivity index (χ2n) is 6.64. The van der Waals surface area contributed by atoms with Gasteiger partial charge in [-0.25, -0.2) is 17.9 Å². The highest BCUT2D eigenvalue weighted by molar-refractivity contribution is 7.89. The summed E-state index contributed by atoms with van der Waals surface area (Å²) in [6.07, 6.45) is 3.83. The molecule has 6 nitrogen and oxygen atoms in total. The van der Waals surface area contributed by atoms with Crippen LogP contribution in [0.5, 0.6) is 5.75 Å². The summed E-state index contributed by atoms with van der Waals surface area (Å²) in [5, 5.41) is 8.58. The van der Waals surface area contributed by atoms with Crippen LogP contribution in [0.3, 0.4) is 0 Å². The summed E-state index contributed by atoms with van der Waals surface area (Å²) in [5.41, 5.74) is 3.06. The number of carboxylic acid groups (broad SMARTS) is 1. The van der Waals surface area contributed by atoms with Crippen molar-refractivity contribution in [1.82, 2.24) is 4.72 Å². The second-order valence-corrected chi connectivity index (χ2v) is 8.56. The second kappa shape index (κ2) is 10.8. The van der Waals surface area contributed by atoms with Crippen LogP contribution in [-0.2, 0) is 34.2 Å². The average molecular weight is 406 g/mol. The van der Waals surface area contributed by atoms with E-state index >= 15 is 0 Å². The molecule has 0 unspecified atom stereocenters. The molecule has 0 heterocycles. The number of carbonyl (C=O) groups is 1. The van der Waals surface area contributed by atoms with Crippen molar-refractivity contribution in [3.8, 4) is 5.75 Å². The molecule has 0 aliphatic heterocycles. The average Bonchev–Trinajstić information content (AvgIpc) is 2.69. The van der Waals surface area contributed by atoms with Gasteiger partial charge < -0.3 is 9.84 Å². The highest BCUT2D eigenvalue weighted by Gasteiger charge is 2.10.